The second-order valence-corrected chi connectivity index (χ2v) is 6.30. The van der Waals surface area contributed by atoms with E-state index in [1.807, 2.05) is 0 Å². The fourth-order valence-corrected chi connectivity index (χ4v) is 3.28. The van der Waals surface area contributed by atoms with Crippen molar-refractivity contribution >= 4 is 21.7 Å². The van der Waals surface area contributed by atoms with Crippen LogP contribution in [0, 0.1) is 0 Å². The van der Waals surface area contributed by atoms with Crippen molar-refractivity contribution in [2.75, 3.05) is 10.8 Å². The molecule has 2 aromatic rings. The lowest BCUT2D eigenvalue weighted by Crippen LogP contribution is -2.35. The average molecular weight is 310 g/mol. The van der Waals surface area contributed by atoms with Gasteiger partial charge in [0.25, 0.3) is 10.0 Å². The summed E-state index contributed by atoms with van der Waals surface area (Å²) in [6.45, 7) is -0.706. The van der Waals surface area contributed by atoms with Gasteiger partial charge in [-0.05, 0) is 30.3 Å². The van der Waals surface area contributed by atoms with Crippen molar-refractivity contribution in [2.45, 2.75) is 4.90 Å². The van der Waals surface area contributed by atoms with Gasteiger partial charge in [-0.15, -0.1) is 0 Å². The van der Waals surface area contributed by atoms with Crippen molar-refractivity contribution in [1.82, 2.24) is 4.57 Å². The van der Waals surface area contributed by atoms with Gasteiger partial charge in [0.1, 0.15) is 17.2 Å². The van der Waals surface area contributed by atoms with Crippen LogP contribution in [0.15, 0.2) is 47.6 Å². The number of hydrogen-bond donors (Lipinski definition) is 2. The first-order valence-corrected chi connectivity index (χ1v) is 7.40. The van der Waals surface area contributed by atoms with Crippen molar-refractivity contribution in [1.29, 1.82) is 0 Å². The van der Waals surface area contributed by atoms with Crippen molar-refractivity contribution in [2.24, 2.45) is 7.05 Å². The minimum absolute atomic E-state index is 0.000625. The summed E-state index contributed by atoms with van der Waals surface area (Å²) in [5.74, 6) is -1.31. The maximum Gasteiger partial charge on any atom is 0.324 e. The Bertz CT molecular complexity index is 749. The number of phenols is 1. The molecule has 1 aromatic carbocycles. The Morgan fingerprint density at radius 2 is 1.86 bits per heavy atom. The summed E-state index contributed by atoms with van der Waals surface area (Å²) in [4.78, 5) is 11.0. The number of sulfonamides is 1. The fourth-order valence-electron chi connectivity index (χ4n) is 1.81. The molecule has 0 radical (unpaired) electrons. The molecule has 0 saturated heterocycles. The van der Waals surface area contributed by atoms with E-state index in [0.717, 1.165) is 4.31 Å². The molecule has 7 nitrogen and oxygen atoms in total. The van der Waals surface area contributed by atoms with Gasteiger partial charge >= 0.3 is 5.97 Å². The number of aliphatic carboxylic acids is 1. The molecule has 0 unspecified atom stereocenters. The first kappa shape index (κ1) is 14.9. The smallest absolute Gasteiger partial charge is 0.324 e. The van der Waals surface area contributed by atoms with E-state index >= 15 is 0 Å². The number of carbonyl (C=O) groups is 1. The molecule has 112 valence electrons. The fraction of sp³-hybridized carbons (Fsp3) is 0.154. The predicted octanol–water partition coefficient (Wildman–Crippen LogP) is 1.01. The molecule has 0 aliphatic carbocycles. The zero-order valence-corrected chi connectivity index (χ0v) is 12.0. The Morgan fingerprint density at radius 3 is 2.33 bits per heavy atom. The van der Waals surface area contributed by atoms with Gasteiger partial charge in [0.15, 0.2) is 0 Å². The van der Waals surface area contributed by atoms with Crippen LogP contribution in [0.1, 0.15) is 0 Å². The Balaban J connectivity index is 2.49. The maximum absolute atomic E-state index is 12.6. The monoisotopic (exact) mass is 310 g/mol. The summed E-state index contributed by atoms with van der Waals surface area (Å²) in [7, 11) is -2.32. The molecule has 1 heterocycles. The molecule has 0 atom stereocenters. The molecule has 1 aromatic heterocycles. The number of rotatable bonds is 5. The zero-order valence-electron chi connectivity index (χ0n) is 11.2. The zero-order chi connectivity index (χ0) is 15.6. The molecule has 2 N–H and O–H groups in total. The van der Waals surface area contributed by atoms with Gasteiger partial charge < -0.3 is 14.8 Å². The van der Waals surface area contributed by atoms with Crippen LogP contribution < -0.4 is 4.31 Å². The number of phenolic OH excluding ortho intramolecular Hbond substituents is 1. The lowest BCUT2D eigenvalue weighted by atomic mass is 10.3. The van der Waals surface area contributed by atoms with Gasteiger partial charge in [-0.2, -0.15) is 0 Å². The highest BCUT2D eigenvalue weighted by Crippen LogP contribution is 2.25. The molecule has 0 bridgehead atoms. The highest BCUT2D eigenvalue weighted by Gasteiger charge is 2.27. The van der Waals surface area contributed by atoms with E-state index in [4.69, 9.17) is 5.11 Å². The number of aromatic nitrogens is 1. The topological polar surface area (TPSA) is 99.8 Å². The van der Waals surface area contributed by atoms with Crippen LogP contribution in [-0.2, 0) is 21.9 Å². The normalized spacial score (nSPS) is 11.3. The molecule has 8 heteroatoms. The van der Waals surface area contributed by atoms with E-state index in [2.05, 4.69) is 0 Å². The number of nitrogens with zero attached hydrogens (tertiary/aromatic N) is 2. The molecule has 0 spiro atoms. The van der Waals surface area contributed by atoms with Crippen molar-refractivity contribution < 1.29 is 23.4 Å². The van der Waals surface area contributed by atoms with E-state index in [1.165, 1.54) is 36.5 Å². The quantitative estimate of drug-likeness (QED) is 0.858. The van der Waals surface area contributed by atoms with E-state index in [9.17, 15) is 18.3 Å². The second kappa shape index (κ2) is 5.49. The number of aryl methyl sites for hydroxylation is 1. The van der Waals surface area contributed by atoms with Gasteiger partial charge in [0.2, 0.25) is 0 Å². The van der Waals surface area contributed by atoms with Crippen molar-refractivity contribution in [3.63, 3.8) is 0 Å². The number of carboxylic acid groups (broad SMARTS) is 1. The minimum atomic E-state index is -3.99. The summed E-state index contributed by atoms with van der Waals surface area (Å²) < 4.78 is 27.4. The van der Waals surface area contributed by atoms with E-state index in [1.54, 1.807) is 17.8 Å². The Kier molecular flexibility index (Phi) is 3.90. The molecule has 0 aliphatic heterocycles. The third-order valence-corrected chi connectivity index (χ3v) is 4.57. The second-order valence-electron chi connectivity index (χ2n) is 4.43. The van der Waals surface area contributed by atoms with E-state index in [0.29, 0.717) is 0 Å². The highest BCUT2D eigenvalue weighted by molar-refractivity contribution is 7.92. The highest BCUT2D eigenvalue weighted by atomic mass is 32.2. The van der Waals surface area contributed by atoms with Gasteiger partial charge in [-0.1, -0.05) is 0 Å². The van der Waals surface area contributed by atoms with Crippen LogP contribution in [0.5, 0.6) is 5.75 Å². The molecule has 21 heavy (non-hydrogen) atoms. The third kappa shape index (κ3) is 3.16. The van der Waals surface area contributed by atoms with Crippen LogP contribution >= 0.6 is 0 Å². The van der Waals surface area contributed by atoms with Crippen molar-refractivity contribution in [3.05, 3.63) is 42.7 Å². The molecule has 0 fully saturated rings. The molecule has 2 rings (SSSR count). The standard InChI is InChI=1S/C13H14N2O5S/c1-14-7-6-12(8-14)21(19,20)15(9-13(17)18)10-2-4-11(16)5-3-10/h2-8,16H,9H2,1H3,(H,17,18). The van der Waals surface area contributed by atoms with Crippen LogP contribution in [-0.4, -0.2) is 35.7 Å². The van der Waals surface area contributed by atoms with Gasteiger partial charge in [0.05, 0.1) is 5.69 Å². The van der Waals surface area contributed by atoms with E-state index in [-0.39, 0.29) is 16.3 Å². The van der Waals surface area contributed by atoms with Crippen molar-refractivity contribution in [3.8, 4) is 5.75 Å². The average Bonchev–Trinajstić information content (AvgIpc) is 2.84. The van der Waals surface area contributed by atoms with Crippen LogP contribution in [0.4, 0.5) is 5.69 Å². The summed E-state index contributed by atoms with van der Waals surface area (Å²) in [6, 6.07) is 6.68. The third-order valence-electron chi connectivity index (χ3n) is 2.81. The first-order chi connectivity index (χ1) is 9.80. The van der Waals surface area contributed by atoms with Crippen LogP contribution in [0.25, 0.3) is 0 Å². The number of hydrogen-bond acceptors (Lipinski definition) is 4. The molecule has 0 saturated carbocycles. The number of aromatic hydroxyl groups is 1. The Morgan fingerprint density at radius 1 is 1.24 bits per heavy atom. The van der Waals surface area contributed by atoms with Crippen LogP contribution in [0.3, 0.4) is 0 Å². The molecule has 0 aliphatic rings. The lowest BCUT2D eigenvalue weighted by molar-refractivity contribution is -0.135. The first-order valence-electron chi connectivity index (χ1n) is 5.96. The van der Waals surface area contributed by atoms with Gasteiger partial charge in [0, 0.05) is 19.4 Å². The summed E-state index contributed by atoms with van der Waals surface area (Å²) in [6.07, 6.45) is 2.95. The maximum atomic E-state index is 12.6. The van der Waals surface area contributed by atoms with Crippen LogP contribution in [0.2, 0.25) is 0 Å². The molecular weight excluding hydrogens is 296 g/mol. The van der Waals surface area contributed by atoms with E-state index < -0.39 is 22.5 Å². The minimum Gasteiger partial charge on any atom is -0.508 e. The number of carboxylic acids is 1. The predicted molar refractivity (Wildman–Crippen MR) is 75.7 cm³/mol. The largest absolute Gasteiger partial charge is 0.508 e. The summed E-state index contributed by atoms with van der Waals surface area (Å²) in [5.41, 5.74) is 0.166. The van der Waals surface area contributed by atoms with Gasteiger partial charge in [-0.25, -0.2) is 8.42 Å². The number of benzene rings is 1. The molecule has 0 amide bonds. The Hall–Kier alpha value is -2.48. The molecular formula is C13H14N2O5S. The number of anilines is 1. The Labute approximate surface area is 121 Å². The lowest BCUT2D eigenvalue weighted by Gasteiger charge is -2.22. The SMILES string of the molecule is Cn1ccc(S(=O)(=O)N(CC(=O)O)c2ccc(O)cc2)c1. The summed E-state index contributed by atoms with van der Waals surface area (Å²) >= 11 is 0. The van der Waals surface area contributed by atoms with Gasteiger partial charge in [-0.3, -0.25) is 9.10 Å². The summed E-state index contributed by atoms with van der Waals surface area (Å²) in [5, 5.41) is 18.2.